The molecule has 0 heterocycles. The van der Waals surface area contributed by atoms with Gasteiger partial charge in [-0.2, -0.15) is 0 Å². The van der Waals surface area contributed by atoms with Gasteiger partial charge in [0.05, 0.1) is 6.04 Å². The van der Waals surface area contributed by atoms with Crippen molar-refractivity contribution in [2.75, 3.05) is 27.7 Å². The van der Waals surface area contributed by atoms with Crippen molar-refractivity contribution < 1.29 is 9.59 Å². The van der Waals surface area contributed by atoms with Gasteiger partial charge in [0.1, 0.15) is 0 Å². The standard InChI is InChI=1S/C11H23N3O2/c1-9(15)13-8-6-5-7-10(14(3)4)11(16)12-2/h10H,5-8H2,1-4H3,(H,12,16)(H,13,15)/i1+1,2+1,13+1. The lowest BCUT2D eigenvalue weighted by Crippen LogP contribution is -2.42. The van der Waals surface area contributed by atoms with Crippen LogP contribution in [0.3, 0.4) is 0 Å². The first-order valence-corrected chi connectivity index (χ1v) is 5.61. The number of rotatable bonds is 7. The molecule has 0 aliphatic heterocycles. The molecule has 0 fully saturated rings. The van der Waals surface area contributed by atoms with E-state index in [0.717, 1.165) is 19.3 Å². The maximum atomic E-state index is 11.5. The minimum Gasteiger partial charge on any atom is -0.358 e. The number of nitrogens with zero attached hydrogens (tertiary/aromatic N) is 1. The number of hydrogen-bond acceptors (Lipinski definition) is 3. The Morgan fingerprint density at radius 1 is 1.25 bits per heavy atom. The third-order valence-electron chi connectivity index (χ3n) is 2.45. The Balaban J connectivity index is 3.77. The number of carbonyl (C=O) groups excluding carboxylic acids is 2. The molecule has 16 heavy (non-hydrogen) atoms. The molecule has 5 nitrogen and oxygen atoms in total. The van der Waals surface area contributed by atoms with Crippen LogP contribution < -0.4 is 10.6 Å². The van der Waals surface area contributed by atoms with Gasteiger partial charge >= 0.3 is 0 Å². The maximum Gasteiger partial charge on any atom is 0.237 e. The Hall–Kier alpha value is -1.10. The molecule has 2 N–H and O–H groups in total. The van der Waals surface area contributed by atoms with Crippen molar-refractivity contribution in [2.45, 2.75) is 32.2 Å². The first kappa shape index (κ1) is 14.9. The molecule has 94 valence electrons. The van der Waals surface area contributed by atoms with Gasteiger partial charge in [-0.25, -0.2) is 0 Å². The topological polar surface area (TPSA) is 61.4 Å². The van der Waals surface area contributed by atoms with Gasteiger partial charge in [0.15, 0.2) is 0 Å². The van der Waals surface area contributed by atoms with E-state index in [9.17, 15) is 9.59 Å². The van der Waals surface area contributed by atoms with E-state index in [-0.39, 0.29) is 17.9 Å². The fraction of sp³-hybridized carbons (Fsp3) is 0.818. The molecule has 0 spiro atoms. The van der Waals surface area contributed by atoms with Crippen LogP contribution in [0.2, 0.25) is 0 Å². The third-order valence-corrected chi connectivity index (χ3v) is 2.45. The molecule has 0 aromatic carbocycles. The van der Waals surface area contributed by atoms with Crippen LogP contribution in [0.5, 0.6) is 0 Å². The van der Waals surface area contributed by atoms with E-state index in [1.807, 2.05) is 19.0 Å². The second-order valence-corrected chi connectivity index (χ2v) is 4.07. The molecule has 2 amide bonds. The summed E-state index contributed by atoms with van der Waals surface area (Å²) in [6.45, 7) is 2.19. The van der Waals surface area contributed by atoms with E-state index in [2.05, 4.69) is 10.6 Å². The van der Waals surface area contributed by atoms with Crippen molar-refractivity contribution in [1.82, 2.24) is 15.5 Å². The van der Waals surface area contributed by atoms with Gasteiger partial charge < -0.3 is 10.6 Å². The summed E-state index contributed by atoms with van der Waals surface area (Å²) >= 11 is 0. The SMILES string of the molecule is CN(C)C(CCCC[15NH]C([13CH3])=O)C(=O)N[13CH3]. The summed E-state index contributed by atoms with van der Waals surface area (Å²) in [4.78, 5) is 24.0. The fourth-order valence-electron chi connectivity index (χ4n) is 1.52. The Morgan fingerprint density at radius 2 is 1.88 bits per heavy atom. The summed E-state index contributed by atoms with van der Waals surface area (Å²) in [5.74, 6) is 0.0417. The predicted octanol–water partition coefficient (Wildman–Crippen LogP) is -0.0310. The molecular weight excluding hydrogens is 209 g/mol. The largest absolute Gasteiger partial charge is 0.358 e. The molecule has 0 bridgehead atoms. The van der Waals surface area contributed by atoms with Gasteiger partial charge in [-0.3, -0.25) is 14.5 Å². The maximum absolute atomic E-state index is 11.5. The van der Waals surface area contributed by atoms with E-state index in [4.69, 9.17) is 0 Å². The number of unbranched alkanes of at least 4 members (excludes halogenated alkanes) is 1. The fourth-order valence-corrected chi connectivity index (χ4v) is 1.52. The molecule has 0 aromatic heterocycles. The highest BCUT2D eigenvalue weighted by Crippen LogP contribution is 2.05. The average Bonchev–Trinajstić information content (AvgIpc) is 2.21. The predicted molar refractivity (Wildman–Crippen MR) is 64.1 cm³/mol. The summed E-state index contributed by atoms with van der Waals surface area (Å²) < 4.78 is 0. The number of hydrogen-bond donors (Lipinski definition) is 2. The van der Waals surface area contributed by atoms with E-state index < -0.39 is 0 Å². The molecule has 0 rings (SSSR count). The molecule has 0 saturated carbocycles. The van der Waals surface area contributed by atoms with Crippen LogP contribution in [0.15, 0.2) is 0 Å². The van der Waals surface area contributed by atoms with E-state index in [1.54, 1.807) is 7.05 Å². The molecule has 0 aliphatic carbocycles. The third kappa shape index (κ3) is 6.40. The molecular formula is C11H23N3O2. The van der Waals surface area contributed by atoms with Crippen LogP contribution in [-0.2, 0) is 9.59 Å². The first-order chi connectivity index (χ1) is 7.49. The Kier molecular flexibility index (Phi) is 7.54. The van der Waals surface area contributed by atoms with Gasteiger partial charge in [0, 0.05) is 20.5 Å². The monoisotopic (exact) mass is 232 g/mol. The lowest BCUT2D eigenvalue weighted by molar-refractivity contribution is -0.125. The van der Waals surface area contributed by atoms with Crippen molar-refractivity contribution in [3.63, 3.8) is 0 Å². The Labute approximate surface area is 97.6 Å². The summed E-state index contributed by atoms with van der Waals surface area (Å²) in [6.07, 6.45) is 2.64. The van der Waals surface area contributed by atoms with Gasteiger partial charge in [0.25, 0.3) is 0 Å². The highest BCUT2D eigenvalue weighted by atomic mass is 16.2. The van der Waals surface area contributed by atoms with Gasteiger partial charge in [0.2, 0.25) is 11.8 Å². The van der Waals surface area contributed by atoms with E-state index >= 15 is 0 Å². The first-order valence-electron chi connectivity index (χ1n) is 5.61. The number of likely N-dealkylation sites (N-methyl/N-ethyl adjacent to an activating group) is 2. The number of carbonyl (C=O) groups is 2. The van der Waals surface area contributed by atoms with Crippen molar-refractivity contribution in [2.24, 2.45) is 0 Å². The smallest absolute Gasteiger partial charge is 0.237 e. The second kappa shape index (κ2) is 8.10. The lowest BCUT2D eigenvalue weighted by Gasteiger charge is -2.22. The van der Waals surface area contributed by atoms with Crippen LogP contribution in [0.4, 0.5) is 0 Å². The van der Waals surface area contributed by atoms with Crippen molar-refractivity contribution in [3.8, 4) is 0 Å². The number of amides is 2. The Morgan fingerprint density at radius 3 is 2.31 bits per heavy atom. The van der Waals surface area contributed by atoms with Crippen LogP contribution in [0, 0.1) is 0 Å². The average molecular weight is 232 g/mol. The molecule has 0 aromatic rings. The highest BCUT2D eigenvalue weighted by Gasteiger charge is 2.18. The summed E-state index contributed by atoms with van der Waals surface area (Å²) in [7, 11) is 5.44. The van der Waals surface area contributed by atoms with E-state index in [0.29, 0.717) is 6.54 Å². The minimum atomic E-state index is -0.0812. The zero-order valence-corrected chi connectivity index (χ0v) is 10.7. The minimum absolute atomic E-state index is 0.00420. The quantitative estimate of drug-likeness (QED) is 0.368. The molecule has 0 saturated heterocycles. The van der Waals surface area contributed by atoms with Crippen LogP contribution >= 0.6 is 0 Å². The lowest BCUT2D eigenvalue weighted by atomic mass is 10.1. The van der Waals surface area contributed by atoms with Gasteiger partial charge in [-0.1, -0.05) is 0 Å². The van der Waals surface area contributed by atoms with Crippen molar-refractivity contribution in [1.29, 1.82) is 0 Å². The molecule has 1 atom stereocenters. The van der Waals surface area contributed by atoms with Gasteiger partial charge in [-0.15, -0.1) is 0 Å². The van der Waals surface area contributed by atoms with E-state index in [1.165, 1.54) is 6.92 Å². The Bertz CT molecular complexity index is 229. The van der Waals surface area contributed by atoms with Gasteiger partial charge in [-0.05, 0) is 33.4 Å². The normalized spacial score (nSPS) is 12.3. The molecule has 1 unspecified atom stereocenters. The highest BCUT2D eigenvalue weighted by molar-refractivity contribution is 5.81. The second-order valence-electron chi connectivity index (χ2n) is 4.07. The molecule has 5 heteroatoms. The van der Waals surface area contributed by atoms with Crippen LogP contribution in [0.1, 0.15) is 26.2 Å². The molecule has 0 radical (unpaired) electrons. The molecule has 0 aliphatic rings. The zero-order valence-electron chi connectivity index (χ0n) is 10.7. The summed E-state index contributed by atoms with van der Waals surface area (Å²) in [6, 6.07) is -0.0812. The van der Waals surface area contributed by atoms with Crippen molar-refractivity contribution >= 4 is 11.8 Å². The summed E-state index contributed by atoms with van der Waals surface area (Å²) in [5.41, 5.74) is 0. The number of nitrogens with one attached hydrogen (secondary N) is 2. The van der Waals surface area contributed by atoms with Crippen molar-refractivity contribution in [3.05, 3.63) is 0 Å². The van der Waals surface area contributed by atoms with Crippen LogP contribution in [-0.4, -0.2) is 50.4 Å². The van der Waals surface area contributed by atoms with Crippen LogP contribution in [0.25, 0.3) is 0 Å². The summed E-state index contributed by atoms with van der Waals surface area (Å²) in [5, 5.41) is 5.39. The zero-order chi connectivity index (χ0) is 12.6.